The Bertz CT molecular complexity index is 1190. The van der Waals surface area contributed by atoms with Gasteiger partial charge in [0.1, 0.15) is 11.4 Å². The molecule has 0 saturated carbocycles. The van der Waals surface area contributed by atoms with Crippen LogP contribution in [0.15, 0.2) is 72.8 Å². The number of aromatic hydroxyl groups is 1. The second kappa shape index (κ2) is 7.67. The number of nitrogens with one attached hydrogen (secondary N) is 1. The Hall–Kier alpha value is -3.61. The zero-order chi connectivity index (χ0) is 21.3. The van der Waals surface area contributed by atoms with Gasteiger partial charge in [0, 0.05) is 16.3 Å². The molecule has 0 bridgehead atoms. The molecule has 0 saturated heterocycles. The first-order valence-corrected chi connectivity index (χ1v) is 9.32. The van der Waals surface area contributed by atoms with E-state index in [2.05, 4.69) is 15.5 Å². The lowest BCUT2D eigenvalue weighted by Crippen LogP contribution is -2.09. The lowest BCUT2D eigenvalue weighted by atomic mass is 10.0. The van der Waals surface area contributed by atoms with Crippen LogP contribution >= 0.6 is 0 Å². The fourth-order valence-corrected chi connectivity index (χ4v) is 3.35. The molecule has 7 heteroatoms. The number of phenols is 1. The molecule has 0 radical (unpaired) electrons. The first-order valence-electron chi connectivity index (χ1n) is 9.32. The van der Waals surface area contributed by atoms with Crippen molar-refractivity contribution in [2.75, 3.05) is 5.32 Å². The van der Waals surface area contributed by atoms with E-state index in [0.717, 1.165) is 17.0 Å². The molecule has 4 aromatic rings. The maximum Gasteiger partial charge on any atom is 0.416 e. The van der Waals surface area contributed by atoms with E-state index in [1.165, 1.54) is 6.07 Å². The van der Waals surface area contributed by atoms with Crippen molar-refractivity contribution >= 4 is 16.6 Å². The third kappa shape index (κ3) is 3.78. The molecule has 2 N–H and O–H groups in total. The number of anilines is 1. The Balaban J connectivity index is 1.77. The molecule has 30 heavy (non-hydrogen) atoms. The zero-order valence-electron chi connectivity index (χ0n) is 16.0. The van der Waals surface area contributed by atoms with Crippen molar-refractivity contribution < 1.29 is 18.3 Å². The minimum absolute atomic E-state index is 0.0331. The molecule has 1 atom stereocenters. The molecule has 4 nitrogen and oxygen atoms in total. The number of hydrogen-bond donors (Lipinski definition) is 2. The third-order valence-electron chi connectivity index (χ3n) is 4.92. The van der Waals surface area contributed by atoms with Crippen LogP contribution in [0.1, 0.15) is 24.1 Å². The second-order valence-electron chi connectivity index (χ2n) is 6.95. The number of hydrogen-bond acceptors (Lipinski definition) is 4. The van der Waals surface area contributed by atoms with Crippen LogP contribution in [0.4, 0.5) is 19.0 Å². The van der Waals surface area contributed by atoms with E-state index in [1.807, 2.05) is 49.4 Å². The van der Waals surface area contributed by atoms with Gasteiger partial charge in [0.2, 0.25) is 0 Å². The first kappa shape index (κ1) is 19.7. The summed E-state index contributed by atoms with van der Waals surface area (Å²) in [5, 5.41) is 23.5. The number of nitrogens with zero attached hydrogens (tertiary/aromatic N) is 2. The number of aromatic nitrogens is 2. The van der Waals surface area contributed by atoms with Gasteiger partial charge in [-0.15, -0.1) is 10.2 Å². The molecule has 4 rings (SSSR count). The second-order valence-corrected chi connectivity index (χ2v) is 6.95. The van der Waals surface area contributed by atoms with Gasteiger partial charge in [0.15, 0.2) is 5.82 Å². The number of fused-ring (bicyclic) bond motifs is 1. The quantitative estimate of drug-likeness (QED) is 0.422. The van der Waals surface area contributed by atoms with E-state index in [4.69, 9.17) is 0 Å². The summed E-state index contributed by atoms with van der Waals surface area (Å²) >= 11 is 0. The highest BCUT2D eigenvalue weighted by molar-refractivity contribution is 6.00. The fourth-order valence-electron chi connectivity index (χ4n) is 3.35. The highest BCUT2D eigenvalue weighted by atomic mass is 19.4. The molecular weight excluding hydrogens is 391 g/mol. The van der Waals surface area contributed by atoms with Crippen LogP contribution in [-0.2, 0) is 6.18 Å². The Morgan fingerprint density at radius 1 is 0.867 bits per heavy atom. The highest BCUT2D eigenvalue weighted by Crippen LogP contribution is 2.39. The Morgan fingerprint density at radius 3 is 2.20 bits per heavy atom. The normalized spacial score (nSPS) is 12.7. The van der Waals surface area contributed by atoms with Crippen LogP contribution in [0.3, 0.4) is 0 Å². The first-order chi connectivity index (χ1) is 14.3. The van der Waals surface area contributed by atoms with Crippen molar-refractivity contribution in [3.05, 3.63) is 83.9 Å². The lowest BCUT2D eigenvalue weighted by Gasteiger charge is -2.17. The van der Waals surface area contributed by atoms with E-state index < -0.39 is 17.5 Å². The van der Waals surface area contributed by atoms with Gasteiger partial charge in [0.25, 0.3) is 0 Å². The van der Waals surface area contributed by atoms with Crippen molar-refractivity contribution in [3.63, 3.8) is 0 Å². The van der Waals surface area contributed by atoms with E-state index in [1.54, 1.807) is 12.1 Å². The summed E-state index contributed by atoms with van der Waals surface area (Å²) in [5.41, 5.74) is 0.660. The van der Waals surface area contributed by atoms with Crippen LogP contribution < -0.4 is 5.32 Å². The van der Waals surface area contributed by atoms with Crippen molar-refractivity contribution in [3.8, 4) is 17.0 Å². The summed E-state index contributed by atoms with van der Waals surface area (Å²) < 4.78 is 38.8. The molecule has 1 heterocycles. The molecule has 0 spiro atoms. The smallest absolute Gasteiger partial charge is 0.416 e. The minimum atomic E-state index is -4.54. The number of rotatable bonds is 4. The van der Waals surface area contributed by atoms with Crippen molar-refractivity contribution in [2.24, 2.45) is 0 Å². The number of halogens is 3. The average Bonchev–Trinajstić information content (AvgIpc) is 2.74. The van der Waals surface area contributed by atoms with Gasteiger partial charge in [-0.1, -0.05) is 54.6 Å². The molecule has 0 aliphatic heterocycles. The van der Waals surface area contributed by atoms with Gasteiger partial charge in [-0.3, -0.25) is 0 Å². The van der Waals surface area contributed by atoms with Gasteiger partial charge in [0.05, 0.1) is 11.6 Å². The van der Waals surface area contributed by atoms with Crippen molar-refractivity contribution in [1.82, 2.24) is 10.2 Å². The summed E-state index contributed by atoms with van der Waals surface area (Å²) in [6.45, 7) is 2.00. The van der Waals surface area contributed by atoms with Gasteiger partial charge in [-0.05, 0) is 30.7 Å². The largest absolute Gasteiger partial charge is 0.507 e. The molecule has 152 valence electrons. The van der Waals surface area contributed by atoms with E-state index in [9.17, 15) is 18.3 Å². The van der Waals surface area contributed by atoms with E-state index in [0.29, 0.717) is 23.0 Å². The topological polar surface area (TPSA) is 58.0 Å². The number of alkyl halides is 3. The highest BCUT2D eigenvalue weighted by Gasteiger charge is 2.31. The summed E-state index contributed by atoms with van der Waals surface area (Å²) in [4.78, 5) is 0. The maximum absolute atomic E-state index is 12.9. The van der Waals surface area contributed by atoms with Gasteiger partial charge in [-0.25, -0.2) is 0 Å². The van der Waals surface area contributed by atoms with Gasteiger partial charge >= 0.3 is 6.18 Å². The average molecular weight is 409 g/mol. The Kier molecular flexibility index (Phi) is 5.03. The SMILES string of the molecule is C[C@@H](Nc1nnc(-c2ccc(C(F)(F)F)cc2O)c2ccccc12)c1ccccc1. The third-order valence-corrected chi connectivity index (χ3v) is 4.92. The molecule has 0 fully saturated rings. The van der Waals surface area contributed by atoms with Gasteiger partial charge < -0.3 is 10.4 Å². The lowest BCUT2D eigenvalue weighted by molar-refractivity contribution is -0.137. The molecule has 0 aliphatic carbocycles. The predicted molar refractivity (Wildman–Crippen MR) is 110 cm³/mol. The van der Waals surface area contributed by atoms with Crippen LogP contribution in [0, 0.1) is 0 Å². The van der Waals surface area contributed by atoms with E-state index in [-0.39, 0.29) is 11.6 Å². The standard InChI is InChI=1S/C23H18F3N3O/c1-14(15-7-3-2-4-8-15)27-22-18-10-6-5-9-17(18)21(28-29-22)19-12-11-16(13-20(19)30)23(24,25)26/h2-14,30H,1H3,(H,27,29)/t14-/m1/s1. The van der Waals surface area contributed by atoms with Crippen LogP contribution in [-0.4, -0.2) is 15.3 Å². The molecule has 0 aliphatic rings. The molecule has 0 amide bonds. The summed E-state index contributed by atoms with van der Waals surface area (Å²) in [7, 11) is 0. The number of phenolic OH excluding ortho intramolecular Hbond substituents is 1. The summed E-state index contributed by atoms with van der Waals surface area (Å²) in [6.07, 6.45) is -4.54. The number of benzene rings is 3. The summed E-state index contributed by atoms with van der Waals surface area (Å²) in [6, 6.07) is 20.0. The van der Waals surface area contributed by atoms with Crippen LogP contribution in [0.25, 0.3) is 22.0 Å². The van der Waals surface area contributed by atoms with Crippen LogP contribution in [0.2, 0.25) is 0 Å². The molecule has 0 unspecified atom stereocenters. The predicted octanol–water partition coefficient (Wildman–Crippen LogP) is 6.19. The maximum atomic E-state index is 12.9. The molecular formula is C23H18F3N3O. The monoisotopic (exact) mass is 409 g/mol. The fraction of sp³-hybridized carbons (Fsp3) is 0.130. The van der Waals surface area contributed by atoms with Gasteiger partial charge in [-0.2, -0.15) is 13.2 Å². The van der Waals surface area contributed by atoms with Crippen molar-refractivity contribution in [2.45, 2.75) is 19.1 Å². The van der Waals surface area contributed by atoms with E-state index >= 15 is 0 Å². The molecule has 1 aromatic heterocycles. The Morgan fingerprint density at radius 2 is 1.53 bits per heavy atom. The minimum Gasteiger partial charge on any atom is -0.507 e. The zero-order valence-corrected chi connectivity index (χ0v) is 16.0. The van der Waals surface area contributed by atoms with Crippen LogP contribution in [0.5, 0.6) is 5.75 Å². The molecule has 3 aromatic carbocycles. The Labute approximate surface area is 171 Å². The summed E-state index contributed by atoms with van der Waals surface area (Å²) in [5.74, 6) is 0.0553. The van der Waals surface area contributed by atoms with Crippen molar-refractivity contribution in [1.29, 1.82) is 0 Å².